The van der Waals surface area contributed by atoms with Gasteiger partial charge in [0.1, 0.15) is 5.82 Å². The molecular weight excluding hydrogens is 272 g/mol. The molecule has 0 radical (unpaired) electrons. The minimum atomic E-state index is 0.524. The first-order valence-electron chi connectivity index (χ1n) is 8.06. The highest BCUT2D eigenvalue weighted by atomic mass is 15.2. The number of benzene rings is 1. The van der Waals surface area contributed by atoms with Crippen LogP contribution in [-0.4, -0.2) is 16.0 Å². The van der Waals surface area contributed by atoms with E-state index in [1.54, 1.807) is 0 Å². The van der Waals surface area contributed by atoms with Crippen molar-refractivity contribution in [1.29, 1.82) is 0 Å². The quantitative estimate of drug-likeness (QED) is 0.872. The highest BCUT2D eigenvalue weighted by Crippen LogP contribution is 2.23. The summed E-state index contributed by atoms with van der Waals surface area (Å²) in [6.45, 7) is 6.22. The van der Waals surface area contributed by atoms with Crippen molar-refractivity contribution in [2.75, 3.05) is 10.6 Å². The normalized spacial score (nSPS) is 15.0. The molecule has 1 aromatic heterocycles. The van der Waals surface area contributed by atoms with Gasteiger partial charge in [-0.25, -0.2) is 4.98 Å². The molecule has 4 nitrogen and oxygen atoms in total. The van der Waals surface area contributed by atoms with Gasteiger partial charge in [0.2, 0.25) is 5.95 Å². The molecule has 0 atom stereocenters. The highest BCUT2D eigenvalue weighted by molar-refractivity contribution is 5.59. The molecule has 1 aliphatic rings. The lowest BCUT2D eigenvalue weighted by Crippen LogP contribution is -2.17. The van der Waals surface area contributed by atoms with Gasteiger partial charge in [0.15, 0.2) is 0 Å². The smallest absolute Gasteiger partial charge is 0.225 e. The van der Waals surface area contributed by atoms with E-state index in [4.69, 9.17) is 0 Å². The summed E-state index contributed by atoms with van der Waals surface area (Å²) >= 11 is 0. The van der Waals surface area contributed by atoms with Crippen LogP contribution in [0.25, 0.3) is 0 Å². The second-order valence-corrected chi connectivity index (χ2v) is 6.35. The van der Waals surface area contributed by atoms with E-state index in [2.05, 4.69) is 52.6 Å². The van der Waals surface area contributed by atoms with Crippen LogP contribution in [0.15, 0.2) is 24.3 Å². The molecule has 0 saturated heterocycles. The van der Waals surface area contributed by atoms with E-state index in [1.807, 2.05) is 13.0 Å². The number of rotatable bonds is 4. The summed E-state index contributed by atoms with van der Waals surface area (Å²) in [7, 11) is 0. The zero-order chi connectivity index (χ0) is 15.5. The Bertz CT molecular complexity index is 640. The SMILES string of the molecule is Cc1cc(C)cc(Nc2cc(C)nc(NC3CCCC3)n2)c1. The van der Waals surface area contributed by atoms with E-state index in [9.17, 15) is 0 Å². The van der Waals surface area contributed by atoms with Gasteiger partial charge in [-0.2, -0.15) is 4.98 Å². The van der Waals surface area contributed by atoms with E-state index in [0.29, 0.717) is 6.04 Å². The van der Waals surface area contributed by atoms with Crippen LogP contribution in [0.1, 0.15) is 42.5 Å². The molecule has 0 unspecified atom stereocenters. The first-order chi connectivity index (χ1) is 10.6. The molecular formula is C18H24N4. The Kier molecular flexibility index (Phi) is 4.27. The van der Waals surface area contributed by atoms with Crippen molar-refractivity contribution in [3.05, 3.63) is 41.1 Å². The Morgan fingerprint density at radius 3 is 2.27 bits per heavy atom. The Morgan fingerprint density at radius 2 is 1.59 bits per heavy atom. The molecule has 0 bridgehead atoms. The summed E-state index contributed by atoms with van der Waals surface area (Å²) in [6, 6.07) is 8.94. The van der Waals surface area contributed by atoms with Gasteiger partial charge in [-0.1, -0.05) is 18.9 Å². The van der Waals surface area contributed by atoms with Crippen molar-refractivity contribution in [1.82, 2.24) is 9.97 Å². The average Bonchev–Trinajstić information content (AvgIpc) is 2.89. The van der Waals surface area contributed by atoms with Gasteiger partial charge in [0.05, 0.1) is 0 Å². The van der Waals surface area contributed by atoms with Crippen molar-refractivity contribution in [2.24, 2.45) is 0 Å². The minimum absolute atomic E-state index is 0.524. The van der Waals surface area contributed by atoms with Crippen molar-refractivity contribution in [3.8, 4) is 0 Å². The highest BCUT2D eigenvalue weighted by Gasteiger charge is 2.16. The van der Waals surface area contributed by atoms with E-state index < -0.39 is 0 Å². The topological polar surface area (TPSA) is 49.8 Å². The molecule has 4 heteroatoms. The number of hydrogen-bond donors (Lipinski definition) is 2. The number of nitrogens with zero attached hydrogens (tertiary/aromatic N) is 2. The summed E-state index contributed by atoms with van der Waals surface area (Å²) < 4.78 is 0. The van der Waals surface area contributed by atoms with Gasteiger partial charge in [0.25, 0.3) is 0 Å². The van der Waals surface area contributed by atoms with Gasteiger partial charge < -0.3 is 10.6 Å². The Balaban J connectivity index is 1.79. The molecule has 2 N–H and O–H groups in total. The maximum atomic E-state index is 4.62. The molecule has 3 rings (SSSR count). The van der Waals surface area contributed by atoms with Crippen molar-refractivity contribution < 1.29 is 0 Å². The summed E-state index contributed by atoms with van der Waals surface area (Å²) in [5.41, 5.74) is 4.54. The second kappa shape index (κ2) is 6.34. The Morgan fingerprint density at radius 1 is 0.909 bits per heavy atom. The van der Waals surface area contributed by atoms with Crippen LogP contribution < -0.4 is 10.6 Å². The number of anilines is 3. The van der Waals surface area contributed by atoms with Gasteiger partial charge in [-0.15, -0.1) is 0 Å². The third-order valence-corrected chi connectivity index (χ3v) is 4.04. The molecule has 116 valence electrons. The predicted octanol–water partition coefficient (Wildman–Crippen LogP) is 4.50. The molecule has 1 saturated carbocycles. The fourth-order valence-corrected chi connectivity index (χ4v) is 3.14. The second-order valence-electron chi connectivity index (χ2n) is 6.35. The van der Waals surface area contributed by atoms with Gasteiger partial charge in [-0.3, -0.25) is 0 Å². The van der Waals surface area contributed by atoms with Gasteiger partial charge >= 0.3 is 0 Å². The largest absolute Gasteiger partial charge is 0.351 e. The van der Waals surface area contributed by atoms with Crippen LogP contribution in [0.3, 0.4) is 0 Å². The standard InChI is InChI=1S/C18H24N4/c1-12-8-13(2)10-16(9-12)20-17-11-14(3)19-18(22-17)21-15-6-4-5-7-15/h8-11,15H,4-7H2,1-3H3,(H2,19,20,21,22). The molecule has 1 heterocycles. The van der Waals surface area contributed by atoms with Crippen LogP contribution in [0, 0.1) is 20.8 Å². The number of nitrogens with one attached hydrogen (secondary N) is 2. The molecule has 0 amide bonds. The lowest BCUT2D eigenvalue weighted by Gasteiger charge is -2.14. The van der Waals surface area contributed by atoms with Crippen molar-refractivity contribution in [3.63, 3.8) is 0 Å². The zero-order valence-electron chi connectivity index (χ0n) is 13.6. The third kappa shape index (κ3) is 3.75. The van der Waals surface area contributed by atoms with Crippen LogP contribution in [0.2, 0.25) is 0 Å². The number of aryl methyl sites for hydroxylation is 3. The summed E-state index contributed by atoms with van der Waals surface area (Å²) in [5, 5.41) is 6.87. The molecule has 1 fully saturated rings. The van der Waals surface area contributed by atoms with Crippen LogP contribution in [0.4, 0.5) is 17.5 Å². The van der Waals surface area contributed by atoms with Crippen molar-refractivity contribution >= 4 is 17.5 Å². The Labute approximate surface area is 132 Å². The molecule has 2 aromatic rings. The van der Waals surface area contributed by atoms with Crippen LogP contribution >= 0.6 is 0 Å². The monoisotopic (exact) mass is 296 g/mol. The molecule has 1 aromatic carbocycles. The van der Waals surface area contributed by atoms with E-state index in [1.165, 1.54) is 36.8 Å². The molecule has 1 aliphatic carbocycles. The Hall–Kier alpha value is -2.10. The number of aromatic nitrogens is 2. The molecule has 0 aliphatic heterocycles. The first-order valence-corrected chi connectivity index (χ1v) is 8.06. The average molecular weight is 296 g/mol. The van der Waals surface area contributed by atoms with E-state index in [-0.39, 0.29) is 0 Å². The summed E-state index contributed by atoms with van der Waals surface area (Å²) in [5.74, 6) is 1.58. The first kappa shape index (κ1) is 14.8. The minimum Gasteiger partial charge on any atom is -0.351 e. The van der Waals surface area contributed by atoms with E-state index in [0.717, 1.165) is 23.1 Å². The fraction of sp³-hybridized carbons (Fsp3) is 0.444. The van der Waals surface area contributed by atoms with Crippen molar-refractivity contribution in [2.45, 2.75) is 52.5 Å². The lowest BCUT2D eigenvalue weighted by molar-refractivity contribution is 0.743. The fourth-order valence-electron chi connectivity index (χ4n) is 3.14. The molecule has 22 heavy (non-hydrogen) atoms. The summed E-state index contributed by atoms with van der Waals surface area (Å²) in [4.78, 5) is 9.13. The van der Waals surface area contributed by atoms with Crippen LogP contribution in [0.5, 0.6) is 0 Å². The molecule has 0 spiro atoms. The third-order valence-electron chi connectivity index (χ3n) is 4.04. The lowest BCUT2D eigenvalue weighted by atomic mass is 10.1. The van der Waals surface area contributed by atoms with E-state index >= 15 is 0 Å². The van der Waals surface area contributed by atoms with Gasteiger partial charge in [0, 0.05) is 23.5 Å². The summed E-state index contributed by atoms with van der Waals surface area (Å²) in [6.07, 6.45) is 5.04. The predicted molar refractivity (Wildman–Crippen MR) is 91.8 cm³/mol. The maximum Gasteiger partial charge on any atom is 0.225 e. The number of hydrogen-bond acceptors (Lipinski definition) is 4. The zero-order valence-corrected chi connectivity index (χ0v) is 13.6. The van der Waals surface area contributed by atoms with Gasteiger partial charge in [-0.05, 0) is 56.9 Å². The maximum absolute atomic E-state index is 4.62. The van der Waals surface area contributed by atoms with Crippen LogP contribution in [-0.2, 0) is 0 Å².